The molecule has 10 heteroatoms. The van der Waals surface area contributed by atoms with Crippen LogP contribution in [0.3, 0.4) is 0 Å². The second-order valence-electron chi connectivity index (χ2n) is 9.24. The standard InChI is InChI=1S/C25H25N7O2S/c1-31-10-8-25(34,23(31)33)18-4-2-3-17(11-18)21-15-35-22(29-21)20-7-9-26-24(30-20)28-19-12-27-32(14-19)13-16-5-6-16/h2-4,7,9,11-12,14-16,34H,5-6,8,10,13H2,1H3,(H,26,28,30). The van der Waals surface area contributed by atoms with Crippen molar-refractivity contribution >= 4 is 28.9 Å². The zero-order chi connectivity index (χ0) is 24.0. The van der Waals surface area contributed by atoms with Gasteiger partial charge in [-0.15, -0.1) is 11.3 Å². The third-order valence-corrected chi connectivity index (χ3v) is 7.42. The molecular weight excluding hydrogens is 462 g/mol. The number of benzene rings is 1. The Morgan fingerprint density at radius 1 is 1.23 bits per heavy atom. The van der Waals surface area contributed by atoms with Crippen LogP contribution < -0.4 is 5.32 Å². The average molecular weight is 488 g/mol. The second kappa shape index (κ2) is 8.54. The molecule has 178 valence electrons. The van der Waals surface area contributed by atoms with Crippen LogP contribution in [0, 0.1) is 5.92 Å². The number of anilines is 2. The molecule has 6 rings (SSSR count). The van der Waals surface area contributed by atoms with Crippen molar-refractivity contribution in [1.29, 1.82) is 0 Å². The fourth-order valence-electron chi connectivity index (χ4n) is 4.34. The molecule has 0 radical (unpaired) electrons. The molecule has 35 heavy (non-hydrogen) atoms. The molecule has 2 fully saturated rings. The molecule has 4 aromatic rings. The molecule has 1 saturated heterocycles. The summed E-state index contributed by atoms with van der Waals surface area (Å²) in [6, 6.07) is 9.26. The molecule has 9 nitrogen and oxygen atoms in total. The van der Waals surface area contributed by atoms with Crippen molar-refractivity contribution in [2.24, 2.45) is 5.92 Å². The van der Waals surface area contributed by atoms with Gasteiger partial charge in [0, 0.05) is 49.9 Å². The van der Waals surface area contributed by atoms with Crippen LogP contribution in [0.2, 0.25) is 0 Å². The van der Waals surface area contributed by atoms with Crippen LogP contribution in [0.25, 0.3) is 22.0 Å². The summed E-state index contributed by atoms with van der Waals surface area (Å²) < 4.78 is 1.96. The number of likely N-dealkylation sites (N-methyl/N-ethyl adjacent to an activating group) is 1. The number of nitrogens with zero attached hydrogens (tertiary/aromatic N) is 6. The molecule has 1 aromatic carbocycles. The highest BCUT2D eigenvalue weighted by atomic mass is 32.1. The van der Waals surface area contributed by atoms with Crippen LogP contribution in [0.4, 0.5) is 11.6 Å². The van der Waals surface area contributed by atoms with Crippen molar-refractivity contribution in [3.8, 4) is 22.0 Å². The van der Waals surface area contributed by atoms with E-state index in [1.807, 2.05) is 40.5 Å². The molecule has 1 aliphatic heterocycles. The molecule has 1 atom stereocenters. The third kappa shape index (κ3) is 4.30. The Morgan fingerprint density at radius 3 is 2.91 bits per heavy atom. The molecule has 1 unspecified atom stereocenters. The maximum Gasteiger partial charge on any atom is 0.258 e. The van der Waals surface area contributed by atoms with Crippen LogP contribution in [0.15, 0.2) is 54.3 Å². The van der Waals surface area contributed by atoms with Crippen molar-refractivity contribution < 1.29 is 9.90 Å². The number of hydrogen-bond acceptors (Lipinski definition) is 8. The number of nitrogens with one attached hydrogen (secondary N) is 1. The Morgan fingerprint density at radius 2 is 2.11 bits per heavy atom. The summed E-state index contributed by atoms with van der Waals surface area (Å²) >= 11 is 1.49. The Bertz CT molecular complexity index is 1400. The van der Waals surface area contributed by atoms with Crippen molar-refractivity contribution in [3.63, 3.8) is 0 Å². The second-order valence-corrected chi connectivity index (χ2v) is 10.1. The van der Waals surface area contributed by atoms with E-state index in [0.717, 1.165) is 34.4 Å². The monoisotopic (exact) mass is 487 g/mol. The van der Waals surface area contributed by atoms with Crippen LogP contribution in [-0.2, 0) is 16.9 Å². The number of likely N-dealkylation sites (tertiary alicyclic amines) is 1. The maximum atomic E-state index is 12.5. The first-order chi connectivity index (χ1) is 17.0. The van der Waals surface area contributed by atoms with E-state index in [1.165, 1.54) is 24.2 Å². The lowest BCUT2D eigenvalue weighted by Gasteiger charge is -2.21. The number of carbonyl (C=O) groups is 1. The Labute approximate surface area is 206 Å². The van der Waals surface area contributed by atoms with E-state index >= 15 is 0 Å². The smallest absolute Gasteiger partial charge is 0.258 e. The Hall–Kier alpha value is -3.63. The predicted octanol–water partition coefficient (Wildman–Crippen LogP) is 3.67. The molecule has 1 amide bonds. The van der Waals surface area contributed by atoms with Crippen LogP contribution in [0.5, 0.6) is 0 Å². The van der Waals surface area contributed by atoms with Gasteiger partial charge in [0.1, 0.15) is 10.7 Å². The fourth-order valence-corrected chi connectivity index (χ4v) is 5.14. The summed E-state index contributed by atoms with van der Waals surface area (Å²) in [6.45, 7) is 1.49. The van der Waals surface area contributed by atoms with Gasteiger partial charge < -0.3 is 15.3 Å². The lowest BCUT2D eigenvalue weighted by Crippen LogP contribution is -2.36. The van der Waals surface area contributed by atoms with Gasteiger partial charge in [-0.25, -0.2) is 15.0 Å². The number of thiazole rings is 1. The van der Waals surface area contributed by atoms with Gasteiger partial charge in [0.25, 0.3) is 5.91 Å². The molecule has 2 aliphatic rings. The number of hydrogen-bond donors (Lipinski definition) is 2. The molecule has 3 aromatic heterocycles. The quantitative estimate of drug-likeness (QED) is 0.409. The molecule has 0 spiro atoms. The molecule has 0 bridgehead atoms. The summed E-state index contributed by atoms with van der Waals surface area (Å²) in [5.41, 5.74) is 2.29. The van der Waals surface area contributed by atoms with E-state index in [4.69, 9.17) is 4.98 Å². The first-order valence-electron chi connectivity index (χ1n) is 11.7. The Kier molecular flexibility index (Phi) is 5.34. The van der Waals surface area contributed by atoms with E-state index in [1.54, 1.807) is 30.4 Å². The minimum absolute atomic E-state index is 0.271. The molecule has 2 N–H and O–H groups in total. The van der Waals surface area contributed by atoms with E-state index in [0.29, 0.717) is 30.2 Å². The molecule has 1 aliphatic carbocycles. The Balaban J connectivity index is 1.21. The number of rotatable bonds is 7. The van der Waals surface area contributed by atoms with Crippen LogP contribution >= 0.6 is 11.3 Å². The van der Waals surface area contributed by atoms with Gasteiger partial charge in [0.15, 0.2) is 5.60 Å². The number of amides is 1. The fraction of sp³-hybridized carbons (Fsp3) is 0.320. The average Bonchev–Trinajstić information content (AvgIpc) is 3.25. The lowest BCUT2D eigenvalue weighted by atomic mass is 9.90. The normalized spacial score (nSPS) is 19.9. The first kappa shape index (κ1) is 21.9. The maximum absolute atomic E-state index is 12.5. The van der Waals surface area contributed by atoms with E-state index in [-0.39, 0.29) is 5.91 Å². The topological polar surface area (TPSA) is 109 Å². The van der Waals surface area contributed by atoms with E-state index in [2.05, 4.69) is 20.4 Å². The van der Waals surface area contributed by atoms with Crippen molar-refractivity contribution in [2.75, 3.05) is 18.9 Å². The zero-order valence-electron chi connectivity index (χ0n) is 19.3. The summed E-state index contributed by atoms with van der Waals surface area (Å²) in [5.74, 6) is 0.969. The van der Waals surface area contributed by atoms with Gasteiger partial charge in [-0.3, -0.25) is 9.48 Å². The summed E-state index contributed by atoms with van der Waals surface area (Å²) in [6.07, 6.45) is 8.41. The van der Waals surface area contributed by atoms with Gasteiger partial charge in [0.2, 0.25) is 5.95 Å². The molecule has 1 saturated carbocycles. The largest absolute Gasteiger partial charge is 0.375 e. The third-order valence-electron chi connectivity index (χ3n) is 6.56. The molecule has 4 heterocycles. The first-order valence-corrected chi connectivity index (χ1v) is 12.5. The van der Waals surface area contributed by atoms with Gasteiger partial charge in [-0.1, -0.05) is 18.2 Å². The van der Waals surface area contributed by atoms with Crippen molar-refractivity contribution in [1.82, 2.24) is 29.6 Å². The highest BCUT2D eigenvalue weighted by molar-refractivity contribution is 7.13. The van der Waals surface area contributed by atoms with Gasteiger partial charge >= 0.3 is 0 Å². The lowest BCUT2D eigenvalue weighted by molar-refractivity contribution is -0.143. The number of aromatic nitrogens is 5. The number of aliphatic hydroxyl groups is 1. The van der Waals surface area contributed by atoms with Crippen molar-refractivity contribution in [3.05, 3.63) is 59.9 Å². The van der Waals surface area contributed by atoms with Gasteiger partial charge in [-0.05, 0) is 36.5 Å². The minimum atomic E-state index is -1.48. The van der Waals surface area contributed by atoms with E-state index in [9.17, 15) is 9.90 Å². The van der Waals surface area contributed by atoms with Gasteiger partial charge in [-0.2, -0.15) is 5.10 Å². The summed E-state index contributed by atoms with van der Waals surface area (Å²) in [4.78, 5) is 27.8. The summed E-state index contributed by atoms with van der Waals surface area (Å²) in [5, 5.41) is 21.4. The van der Waals surface area contributed by atoms with Crippen molar-refractivity contribution in [2.45, 2.75) is 31.4 Å². The highest BCUT2D eigenvalue weighted by Crippen LogP contribution is 2.36. The SMILES string of the molecule is CN1CCC(O)(c2cccc(-c3csc(-c4ccnc(Nc5cnn(CC6CC6)c5)n4)n3)c2)C1=O. The highest BCUT2D eigenvalue weighted by Gasteiger charge is 2.45. The predicted molar refractivity (Wildman–Crippen MR) is 133 cm³/mol. The zero-order valence-corrected chi connectivity index (χ0v) is 20.1. The molecular formula is C25H25N7O2S. The summed E-state index contributed by atoms with van der Waals surface area (Å²) in [7, 11) is 1.71. The van der Waals surface area contributed by atoms with Crippen LogP contribution in [0.1, 0.15) is 24.8 Å². The number of carbonyl (C=O) groups excluding carboxylic acids is 1. The van der Waals surface area contributed by atoms with Crippen LogP contribution in [-0.4, -0.2) is 54.2 Å². The van der Waals surface area contributed by atoms with E-state index < -0.39 is 5.60 Å². The van der Waals surface area contributed by atoms with Gasteiger partial charge in [0.05, 0.1) is 17.6 Å². The minimum Gasteiger partial charge on any atom is -0.375 e.